The van der Waals surface area contributed by atoms with E-state index in [1.54, 1.807) is 12.1 Å². The number of aromatic nitrogens is 1. The molecule has 3 heteroatoms. The Bertz CT molecular complexity index is 1110. The predicted octanol–water partition coefficient (Wildman–Crippen LogP) is 5.96. The fourth-order valence-electron chi connectivity index (χ4n) is 4.82. The van der Waals surface area contributed by atoms with Crippen LogP contribution in [0.15, 0.2) is 78.9 Å². The summed E-state index contributed by atoms with van der Waals surface area (Å²) >= 11 is 0. The molecule has 152 valence electrons. The average Bonchev–Trinajstić information content (AvgIpc) is 3.19. The molecule has 1 aliphatic rings. The molecule has 0 amide bonds. The van der Waals surface area contributed by atoms with Crippen LogP contribution in [0, 0.1) is 0 Å². The van der Waals surface area contributed by atoms with E-state index in [9.17, 15) is 5.11 Å². The van der Waals surface area contributed by atoms with Gasteiger partial charge >= 0.3 is 0 Å². The van der Waals surface area contributed by atoms with E-state index in [2.05, 4.69) is 64.5 Å². The van der Waals surface area contributed by atoms with Gasteiger partial charge in [0.2, 0.25) is 0 Å². The molecule has 30 heavy (non-hydrogen) atoms. The summed E-state index contributed by atoms with van der Waals surface area (Å²) in [5.74, 6) is 0.925. The third-order valence-electron chi connectivity index (χ3n) is 6.46. The molecule has 1 aliphatic heterocycles. The van der Waals surface area contributed by atoms with E-state index < -0.39 is 0 Å². The number of fused-ring (bicyclic) bond motifs is 1. The van der Waals surface area contributed by atoms with Gasteiger partial charge in [-0.25, -0.2) is 0 Å². The van der Waals surface area contributed by atoms with Crippen LogP contribution < -0.4 is 0 Å². The SMILES string of the molecule is Oc1ccc(CCN2CCC(c3c(-c4ccccc4)[nH]c4ccccc34)CC2)cc1. The lowest BCUT2D eigenvalue weighted by Crippen LogP contribution is -2.34. The average molecular weight is 397 g/mol. The Morgan fingerprint density at radius 2 is 1.53 bits per heavy atom. The minimum Gasteiger partial charge on any atom is -0.508 e. The fraction of sp³-hybridized carbons (Fsp3) is 0.259. The maximum atomic E-state index is 9.46. The van der Waals surface area contributed by atoms with Gasteiger partial charge in [0.15, 0.2) is 0 Å². The maximum Gasteiger partial charge on any atom is 0.115 e. The van der Waals surface area contributed by atoms with Gasteiger partial charge in [-0.1, -0.05) is 60.7 Å². The third-order valence-corrected chi connectivity index (χ3v) is 6.46. The molecule has 3 aromatic carbocycles. The molecular formula is C27H28N2O. The van der Waals surface area contributed by atoms with E-state index in [-0.39, 0.29) is 0 Å². The number of para-hydroxylation sites is 1. The van der Waals surface area contributed by atoms with Crippen LogP contribution in [0.5, 0.6) is 5.75 Å². The van der Waals surface area contributed by atoms with Gasteiger partial charge in [0.1, 0.15) is 5.75 Å². The highest BCUT2D eigenvalue weighted by molar-refractivity contribution is 5.91. The molecule has 0 bridgehead atoms. The Balaban J connectivity index is 1.33. The number of nitrogens with zero attached hydrogens (tertiary/aromatic N) is 1. The highest BCUT2D eigenvalue weighted by Crippen LogP contribution is 2.40. The molecule has 0 aliphatic carbocycles. The number of likely N-dealkylation sites (tertiary alicyclic amines) is 1. The largest absolute Gasteiger partial charge is 0.508 e. The predicted molar refractivity (Wildman–Crippen MR) is 124 cm³/mol. The van der Waals surface area contributed by atoms with Gasteiger partial charge in [-0.3, -0.25) is 0 Å². The zero-order chi connectivity index (χ0) is 20.3. The van der Waals surface area contributed by atoms with Crippen LogP contribution in [0.2, 0.25) is 0 Å². The van der Waals surface area contributed by atoms with E-state index >= 15 is 0 Å². The van der Waals surface area contributed by atoms with Crippen molar-refractivity contribution in [2.45, 2.75) is 25.2 Å². The smallest absolute Gasteiger partial charge is 0.115 e. The quantitative estimate of drug-likeness (QED) is 0.437. The summed E-state index contributed by atoms with van der Waals surface area (Å²) in [6.45, 7) is 3.35. The molecule has 2 heterocycles. The highest BCUT2D eigenvalue weighted by atomic mass is 16.3. The molecular weight excluding hydrogens is 368 g/mol. The first kappa shape index (κ1) is 19.0. The summed E-state index contributed by atoms with van der Waals surface area (Å²) in [6.07, 6.45) is 3.42. The normalized spacial score (nSPS) is 15.6. The maximum absolute atomic E-state index is 9.46. The first-order chi connectivity index (χ1) is 14.8. The van der Waals surface area contributed by atoms with Crippen LogP contribution in [-0.2, 0) is 6.42 Å². The van der Waals surface area contributed by atoms with Crippen molar-refractivity contribution < 1.29 is 5.11 Å². The first-order valence-electron chi connectivity index (χ1n) is 10.9. The van der Waals surface area contributed by atoms with Crippen molar-refractivity contribution >= 4 is 10.9 Å². The Morgan fingerprint density at radius 3 is 2.30 bits per heavy atom. The van der Waals surface area contributed by atoms with Crippen LogP contribution in [0.4, 0.5) is 0 Å². The Hall–Kier alpha value is -3.04. The zero-order valence-corrected chi connectivity index (χ0v) is 17.2. The second-order valence-electron chi connectivity index (χ2n) is 8.36. The van der Waals surface area contributed by atoms with Crippen molar-refractivity contribution in [3.63, 3.8) is 0 Å². The van der Waals surface area contributed by atoms with Crippen molar-refractivity contribution in [3.05, 3.63) is 90.0 Å². The topological polar surface area (TPSA) is 39.3 Å². The monoisotopic (exact) mass is 396 g/mol. The van der Waals surface area contributed by atoms with Crippen molar-refractivity contribution in [1.29, 1.82) is 0 Å². The number of benzene rings is 3. The Morgan fingerprint density at radius 1 is 0.833 bits per heavy atom. The molecule has 4 aromatic rings. The number of phenols is 1. The minimum absolute atomic E-state index is 0.340. The van der Waals surface area contributed by atoms with Crippen LogP contribution in [0.1, 0.15) is 29.9 Å². The van der Waals surface area contributed by atoms with E-state index in [1.807, 2.05) is 12.1 Å². The van der Waals surface area contributed by atoms with Crippen molar-refractivity contribution in [1.82, 2.24) is 9.88 Å². The van der Waals surface area contributed by atoms with E-state index in [4.69, 9.17) is 0 Å². The molecule has 0 unspecified atom stereocenters. The van der Waals surface area contributed by atoms with Crippen LogP contribution in [0.25, 0.3) is 22.2 Å². The standard InChI is InChI=1S/C27H28N2O/c30-23-12-10-20(11-13-23)14-17-29-18-15-21(16-19-29)26-24-8-4-5-9-25(24)28-27(26)22-6-2-1-3-7-22/h1-13,21,28,30H,14-19H2. The van der Waals surface area contributed by atoms with Crippen LogP contribution >= 0.6 is 0 Å². The molecule has 0 radical (unpaired) electrons. The molecule has 1 aromatic heterocycles. The number of nitrogens with one attached hydrogen (secondary N) is 1. The van der Waals surface area contributed by atoms with E-state index in [0.29, 0.717) is 11.7 Å². The van der Waals surface area contributed by atoms with Gasteiger partial charge in [-0.05, 0) is 73.2 Å². The molecule has 1 saturated heterocycles. The number of H-pyrrole nitrogens is 1. The lowest BCUT2D eigenvalue weighted by atomic mass is 9.86. The first-order valence-corrected chi connectivity index (χ1v) is 10.9. The van der Waals surface area contributed by atoms with Gasteiger partial charge in [-0.15, -0.1) is 0 Å². The zero-order valence-electron chi connectivity index (χ0n) is 17.2. The lowest BCUT2D eigenvalue weighted by molar-refractivity contribution is 0.215. The van der Waals surface area contributed by atoms with E-state index in [0.717, 1.165) is 26.1 Å². The van der Waals surface area contributed by atoms with Crippen LogP contribution in [0.3, 0.4) is 0 Å². The summed E-state index contributed by atoms with van der Waals surface area (Å²) in [6, 6.07) is 27.1. The summed E-state index contributed by atoms with van der Waals surface area (Å²) < 4.78 is 0. The summed E-state index contributed by atoms with van der Waals surface area (Å²) in [7, 11) is 0. The second kappa shape index (κ2) is 8.37. The molecule has 5 rings (SSSR count). The molecule has 2 N–H and O–H groups in total. The van der Waals surface area contributed by atoms with Gasteiger partial charge in [-0.2, -0.15) is 0 Å². The summed E-state index contributed by atoms with van der Waals surface area (Å²) in [4.78, 5) is 6.29. The summed E-state index contributed by atoms with van der Waals surface area (Å²) in [5.41, 5.74) is 6.59. The van der Waals surface area contributed by atoms with Crippen LogP contribution in [-0.4, -0.2) is 34.6 Å². The number of piperidine rings is 1. The molecule has 0 spiro atoms. The Kier molecular flexibility index (Phi) is 5.29. The highest BCUT2D eigenvalue weighted by Gasteiger charge is 2.26. The van der Waals surface area contributed by atoms with E-state index in [1.165, 1.54) is 46.1 Å². The second-order valence-corrected chi connectivity index (χ2v) is 8.36. The number of aromatic amines is 1. The number of hydrogen-bond donors (Lipinski definition) is 2. The number of hydrogen-bond acceptors (Lipinski definition) is 2. The summed E-state index contributed by atoms with van der Waals surface area (Å²) in [5, 5.41) is 10.8. The Labute approximate surface area is 178 Å². The fourth-order valence-corrected chi connectivity index (χ4v) is 4.82. The third kappa shape index (κ3) is 3.86. The van der Waals surface area contributed by atoms with Gasteiger partial charge in [0.25, 0.3) is 0 Å². The number of rotatable bonds is 5. The minimum atomic E-state index is 0.340. The van der Waals surface area contributed by atoms with Gasteiger partial charge in [0.05, 0.1) is 0 Å². The number of phenolic OH excluding ortho intramolecular Hbond substituents is 1. The lowest BCUT2D eigenvalue weighted by Gasteiger charge is -2.32. The molecule has 3 nitrogen and oxygen atoms in total. The van der Waals surface area contributed by atoms with Crippen molar-refractivity contribution in [2.24, 2.45) is 0 Å². The van der Waals surface area contributed by atoms with Gasteiger partial charge < -0.3 is 15.0 Å². The van der Waals surface area contributed by atoms with Crippen molar-refractivity contribution in [2.75, 3.05) is 19.6 Å². The molecule has 1 fully saturated rings. The van der Waals surface area contributed by atoms with Crippen molar-refractivity contribution in [3.8, 4) is 17.0 Å². The van der Waals surface area contributed by atoms with Gasteiger partial charge in [0, 0.05) is 23.1 Å². The molecule has 0 saturated carbocycles. The molecule has 0 atom stereocenters. The number of aromatic hydroxyl groups is 1.